The molecule has 126 heavy (non-hydrogen) atoms. The van der Waals surface area contributed by atoms with Crippen LogP contribution in [0.5, 0.6) is 23.0 Å². The van der Waals surface area contributed by atoms with Crippen molar-refractivity contribution in [1.82, 2.24) is 25.3 Å². The van der Waals surface area contributed by atoms with E-state index in [4.69, 9.17) is 11.0 Å². The number of hydrogen-bond acceptors (Lipinski definition) is 13. The first-order valence-electron chi connectivity index (χ1n) is 49.1. The van der Waals surface area contributed by atoms with E-state index < -0.39 is 0 Å². The van der Waals surface area contributed by atoms with Crippen LogP contribution in [0.1, 0.15) is 253 Å². The summed E-state index contributed by atoms with van der Waals surface area (Å²) < 4.78 is 0. The van der Waals surface area contributed by atoms with Crippen LogP contribution in [-0.2, 0) is 6.54 Å². The van der Waals surface area contributed by atoms with Gasteiger partial charge in [-0.2, -0.15) is 5.26 Å². The standard InChI is InChI=1S/C23H30N2O.C23H28N2O.C13H23N.C13H19N.C12H19Br.C10H7NO2.C9H7NO.C8H11Br/c2*26-22-11-10-20(21-7-5-13-25-23(21)22)16-24-12-4-2-1-3-6-18-14-17-8-9-19(18)15-17;2*14-8-4-2-1-3-5-12-9-11-6-7-13(12)10-11;13-7-3-1-2-4-11-8-10-5-6-12(11)9-10;12-6-7-3-4-9(13)10-8(7)2-1-5-11-10;11-8-5-1-3-7-4-2-6-10-9(7)8;9-5-8-4-6-1-2-7(8)3-6/h5,7-11,13,17-19,24,26H,1-4,6,12,14-16H2;5,7-11,13,16-19,26H,1-4,6,12,14-15H2;6-7,11-13H,1-5,8-10,14H2;6-7,11-13H,1-5,9-10H2;5-6,10-12H,1-4,7-9H2;1-6,13H;1-6,11H;1-2,6-8H,3-5H2. The zero-order valence-corrected chi connectivity index (χ0v) is 78.2. The first-order chi connectivity index (χ1) is 61.9. The minimum Gasteiger partial charge on any atom is -0.506 e. The van der Waals surface area contributed by atoms with E-state index in [1.807, 2.05) is 60.8 Å². The number of fused-ring (bicyclic) bond motifs is 16. The number of pyridine rings is 4. The number of phenolic OH excluding ortho intramolecular Hbond substituents is 4. The van der Waals surface area contributed by atoms with E-state index in [1.165, 1.54) is 234 Å². The summed E-state index contributed by atoms with van der Waals surface area (Å²) in [5.41, 5.74) is 10.7. The number of nitrogens with one attached hydrogen (secondary N) is 1. The highest BCUT2D eigenvalue weighted by molar-refractivity contribution is 9.09. The number of hydrogen-bond donors (Lipinski definition) is 6. The number of aldehydes is 1. The molecule has 4 aromatic carbocycles. The topological polar surface area (TPSA) is 224 Å². The number of aromatic nitrogens is 4. The van der Waals surface area contributed by atoms with Gasteiger partial charge in [-0.25, -0.2) is 0 Å². The zero-order valence-electron chi connectivity index (χ0n) is 75.0. The van der Waals surface area contributed by atoms with E-state index in [2.05, 4.69) is 141 Å². The minimum absolute atomic E-state index is 0.0983. The van der Waals surface area contributed by atoms with E-state index in [1.54, 1.807) is 67.3 Å². The summed E-state index contributed by atoms with van der Waals surface area (Å²) in [5.74, 6) is 18.0. The van der Waals surface area contributed by atoms with E-state index in [-0.39, 0.29) is 23.0 Å². The Morgan fingerprint density at radius 1 is 0.389 bits per heavy atom. The van der Waals surface area contributed by atoms with Crippen LogP contribution in [0.25, 0.3) is 43.6 Å². The third-order valence-corrected chi connectivity index (χ3v) is 31.2. The van der Waals surface area contributed by atoms with Crippen molar-refractivity contribution in [3.8, 4) is 29.1 Å². The van der Waals surface area contributed by atoms with Gasteiger partial charge in [0.25, 0.3) is 0 Å². The van der Waals surface area contributed by atoms with Crippen LogP contribution in [0.15, 0.2) is 206 Å². The van der Waals surface area contributed by atoms with Crippen LogP contribution in [-0.4, -0.2) is 83.2 Å². The summed E-state index contributed by atoms with van der Waals surface area (Å²) in [6.45, 7) is 3.63. The highest BCUT2D eigenvalue weighted by Gasteiger charge is 2.39. The smallest absolute Gasteiger partial charge is 0.150 e. The molecular formula is C111H144Br2N8O5. The number of aliphatic imine (C=N–C) groups is 1. The quantitative estimate of drug-likeness (QED) is 0.00718. The third-order valence-electron chi connectivity index (χ3n) is 29.8. The Bertz CT molecular complexity index is 4930. The number of allylic oxidation sites excluding steroid dienone is 12. The van der Waals surface area contributed by atoms with Crippen LogP contribution in [0.3, 0.4) is 0 Å². The number of rotatable bonds is 35. The molecule has 15 heteroatoms. The normalized spacial score (nSPS) is 26.4. The Kier molecular flexibility index (Phi) is 38.9. The Balaban J connectivity index is 0.000000127. The second-order valence-electron chi connectivity index (χ2n) is 38.6. The summed E-state index contributed by atoms with van der Waals surface area (Å²) >= 11 is 7.03. The molecule has 672 valence electrons. The van der Waals surface area contributed by atoms with Crippen LogP contribution in [0.2, 0.25) is 0 Å². The van der Waals surface area contributed by atoms with E-state index >= 15 is 0 Å². The minimum atomic E-state index is 0.0983. The maximum atomic E-state index is 10.6. The lowest BCUT2D eigenvalue weighted by molar-refractivity contribution is 0.112. The highest BCUT2D eigenvalue weighted by atomic mass is 79.9. The molecule has 6 saturated carbocycles. The van der Waals surface area contributed by atoms with Gasteiger partial charge in [0.1, 0.15) is 45.1 Å². The average Bonchev–Trinajstić information content (AvgIpc) is 1.49. The molecule has 0 saturated heterocycles. The maximum Gasteiger partial charge on any atom is 0.150 e. The van der Waals surface area contributed by atoms with E-state index in [0.717, 1.165) is 180 Å². The lowest BCUT2D eigenvalue weighted by atomic mass is 9.88. The first kappa shape index (κ1) is 95.5. The van der Waals surface area contributed by atoms with Gasteiger partial charge in [0.2, 0.25) is 0 Å². The van der Waals surface area contributed by atoms with Gasteiger partial charge in [0.05, 0.1) is 6.07 Å². The van der Waals surface area contributed by atoms with Crippen molar-refractivity contribution in [3.05, 3.63) is 218 Å². The molecule has 0 amide bonds. The molecule has 12 bridgehead atoms. The van der Waals surface area contributed by atoms with Crippen LogP contribution in [0.4, 0.5) is 0 Å². The second kappa shape index (κ2) is 51.3. The fraction of sp³-hybridized carbons (Fsp3) is 0.541. The van der Waals surface area contributed by atoms with Crippen LogP contribution in [0, 0.1) is 118 Å². The monoisotopic (exact) mass is 1830 g/mol. The molecule has 12 aliphatic carbocycles. The summed E-state index contributed by atoms with van der Waals surface area (Å²) in [5, 5.41) is 56.5. The Labute approximate surface area is 770 Å². The molecule has 4 aromatic heterocycles. The summed E-state index contributed by atoms with van der Waals surface area (Å²) in [4.78, 5) is 31.8. The number of halogens is 2. The predicted molar refractivity (Wildman–Crippen MR) is 529 cm³/mol. The van der Waals surface area contributed by atoms with E-state index in [0.29, 0.717) is 33.0 Å². The third kappa shape index (κ3) is 28.2. The SMILES string of the molecule is BrCC1CC2C=CC1C2.BrCCCCCC1CC2C=CC1C2.N#CCCCCCC1CC2C=CC1C2.NCCCCCCC1CC2C=CC1C2.O=Cc1ccc(O)c2ncccc12.Oc1ccc(C=NCCCCCCC2CC3C=CC2C3)c2cccnc12.Oc1ccc(CNCCCCCCC2CC3C=CC2C3)c2cccnc12.Oc1cccc2cccnc12. The molecule has 12 aliphatic rings. The number of nitrogens with two attached hydrogens (primary N) is 1. The van der Waals surface area contributed by atoms with Gasteiger partial charge >= 0.3 is 0 Å². The molecule has 18 atom stereocenters. The molecule has 20 rings (SSSR count). The number of nitrogens with zero attached hydrogens (tertiary/aromatic N) is 6. The van der Waals surface area contributed by atoms with Crippen molar-refractivity contribution >= 4 is 88.0 Å². The average molecular weight is 1830 g/mol. The van der Waals surface area contributed by atoms with Gasteiger partial charge in [-0.3, -0.25) is 29.7 Å². The van der Waals surface area contributed by atoms with Crippen molar-refractivity contribution < 1.29 is 25.2 Å². The van der Waals surface area contributed by atoms with Gasteiger partial charge < -0.3 is 31.5 Å². The maximum absolute atomic E-state index is 10.6. The molecule has 13 nitrogen and oxygen atoms in total. The van der Waals surface area contributed by atoms with Gasteiger partial charge in [-0.1, -0.05) is 231 Å². The molecule has 7 N–H and O–H groups in total. The van der Waals surface area contributed by atoms with Gasteiger partial charge in [-0.15, -0.1) is 0 Å². The highest BCUT2D eigenvalue weighted by Crippen LogP contribution is 2.51. The Morgan fingerprint density at radius 2 is 0.762 bits per heavy atom. The lowest BCUT2D eigenvalue weighted by Crippen LogP contribution is -2.15. The van der Waals surface area contributed by atoms with Gasteiger partial charge in [-0.05, 0) is 327 Å². The molecular weight excluding hydrogens is 1690 g/mol. The summed E-state index contributed by atoms with van der Waals surface area (Å²) in [6.07, 6.45) is 87.8. The fourth-order valence-electron chi connectivity index (χ4n) is 23.0. The Morgan fingerprint density at radius 3 is 1.17 bits per heavy atom. The molecule has 4 heterocycles. The number of benzene rings is 4. The molecule has 18 unspecified atom stereocenters. The van der Waals surface area contributed by atoms with Crippen LogP contribution < -0.4 is 11.1 Å². The van der Waals surface area contributed by atoms with Crippen molar-refractivity contribution in [2.45, 2.75) is 238 Å². The number of carbonyl (C=O) groups excluding carboxylic acids is 1. The summed E-state index contributed by atoms with van der Waals surface area (Å²) in [7, 11) is 0. The van der Waals surface area contributed by atoms with Crippen molar-refractivity contribution in [3.63, 3.8) is 0 Å². The Hall–Kier alpha value is -8.13. The zero-order chi connectivity index (χ0) is 87.4. The number of carbonyl (C=O) groups is 1. The molecule has 0 spiro atoms. The number of para-hydroxylation sites is 1. The number of phenols is 4. The largest absolute Gasteiger partial charge is 0.506 e. The van der Waals surface area contributed by atoms with Crippen LogP contribution >= 0.6 is 31.9 Å². The first-order valence-corrected chi connectivity index (χ1v) is 51.3. The lowest BCUT2D eigenvalue weighted by Gasteiger charge is -2.17. The van der Waals surface area contributed by atoms with Gasteiger partial charge in [0, 0.05) is 93.8 Å². The summed E-state index contributed by atoms with van der Waals surface area (Å²) in [6, 6.07) is 33.1. The van der Waals surface area contributed by atoms with Crippen molar-refractivity contribution in [2.24, 2.45) is 117 Å². The van der Waals surface area contributed by atoms with Crippen molar-refractivity contribution in [2.75, 3.05) is 30.3 Å². The van der Waals surface area contributed by atoms with Crippen molar-refractivity contribution in [1.29, 1.82) is 5.26 Å². The van der Waals surface area contributed by atoms with Gasteiger partial charge in [0.15, 0.2) is 6.29 Å². The molecule has 8 aromatic rings. The molecule has 0 aliphatic heterocycles. The number of alkyl halides is 2. The fourth-order valence-corrected chi connectivity index (χ4v) is 24.1. The number of aromatic hydroxyl groups is 4. The predicted octanol–water partition coefficient (Wildman–Crippen LogP) is 27.9. The van der Waals surface area contributed by atoms with E-state index in [9.17, 15) is 25.2 Å². The number of nitriles is 1. The molecule has 0 radical (unpaired) electrons. The number of unbranched alkanes of at least 4 members (excludes halogenated alkanes) is 14. The second-order valence-corrected chi connectivity index (χ2v) is 40.0. The molecule has 6 fully saturated rings.